The van der Waals surface area contributed by atoms with Crippen molar-refractivity contribution in [3.05, 3.63) is 41.5 Å². The van der Waals surface area contributed by atoms with Gasteiger partial charge >= 0.3 is 0 Å². The first-order chi connectivity index (χ1) is 10.1. The third-order valence-corrected chi connectivity index (χ3v) is 3.31. The number of nitrogen functional groups attached to an aromatic ring is 1. The van der Waals surface area contributed by atoms with Crippen LogP contribution < -0.4 is 16.2 Å². The summed E-state index contributed by atoms with van der Waals surface area (Å²) in [6.07, 6.45) is 0.697. The zero-order valence-corrected chi connectivity index (χ0v) is 12.5. The number of nitrogens with one attached hydrogen (secondary N) is 1. The molecule has 3 N–H and O–H groups in total. The fourth-order valence-electron chi connectivity index (χ4n) is 2.21. The molecular weight excluding hydrogens is 269 g/mol. The predicted octanol–water partition coefficient (Wildman–Crippen LogP) is 2.93. The third kappa shape index (κ3) is 3.11. The van der Waals surface area contributed by atoms with Crippen molar-refractivity contribution >= 4 is 17.3 Å². The van der Waals surface area contributed by atoms with Crippen LogP contribution >= 0.6 is 0 Å². The molecule has 0 unspecified atom stereocenters. The number of aryl methyl sites for hydroxylation is 1. The average Bonchev–Trinajstić information content (AvgIpc) is 2.49. The summed E-state index contributed by atoms with van der Waals surface area (Å²) < 4.78 is 13.5. The number of anilines is 3. The van der Waals surface area contributed by atoms with Crippen LogP contribution in [0.5, 0.6) is 0 Å². The van der Waals surface area contributed by atoms with E-state index in [1.54, 1.807) is 6.07 Å². The Morgan fingerprint density at radius 1 is 1.29 bits per heavy atom. The van der Waals surface area contributed by atoms with Crippen LogP contribution in [0.2, 0.25) is 0 Å². The highest BCUT2D eigenvalue weighted by Gasteiger charge is 2.16. The molecule has 1 aromatic carbocycles. The van der Waals surface area contributed by atoms with E-state index in [-0.39, 0.29) is 5.82 Å². The lowest BCUT2D eigenvalue weighted by molar-refractivity contribution is 0.627. The number of hydrogen-bond donors (Lipinski definition) is 2. The molecule has 0 aliphatic carbocycles. The van der Waals surface area contributed by atoms with Crippen molar-refractivity contribution in [3.63, 3.8) is 0 Å². The number of hydrazine groups is 1. The number of nitrogens with zero attached hydrogens (tertiary/aromatic N) is 3. The van der Waals surface area contributed by atoms with Crippen molar-refractivity contribution in [3.8, 4) is 0 Å². The SMILES string of the molecule is CCc1nc(NN)c(C)c(N(CC)c2cccc(F)c2)n1. The fraction of sp³-hybridized carbons (Fsp3) is 0.333. The third-order valence-electron chi connectivity index (χ3n) is 3.31. The molecule has 0 spiro atoms. The molecule has 112 valence electrons. The molecule has 0 bridgehead atoms. The maximum Gasteiger partial charge on any atom is 0.148 e. The number of aromatic nitrogens is 2. The van der Waals surface area contributed by atoms with E-state index < -0.39 is 0 Å². The Hall–Kier alpha value is -2.21. The summed E-state index contributed by atoms with van der Waals surface area (Å²) in [5.41, 5.74) is 4.19. The van der Waals surface area contributed by atoms with E-state index in [0.29, 0.717) is 24.6 Å². The zero-order chi connectivity index (χ0) is 15.4. The first kappa shape index (κ1) is 15.2. The lowest BCUT2D eigenvalue weighted by atomic mass is 10.2. The smallest absolute Gasteiger partial charge is 0.148 e. The van der Waals surface area contributed by atoms with Crippen molar-refractivity contribution in [2.75, 3.05) is 16.9 Å². The van der Waals surface area contributed by atoms with Gasteiger partial charge in [0.15, 0.2) is 0 Å². The van der Waals surface area contributed by atoms with Crippen molar-refractivity contribution in [2.24, 2.45) is 5.84 Å². The molecule has 0 aliphatic rings. The van der Waals surface area contributed by atoms with Crippen LogP contribution in [0.15, 0.2) is 24.3 Å². The molecule has 0 radical (unpaired) electrons. The Balaban J connectivity index is 2.56. The summed E-state index contributed by atoms with van der Waals surface area (Å²) in [6, 6.07) is 6.46. The second-order valence-electron chi connectivity index (χ2n) is 4.66. The molecule has 2 aromatic rings. The normalized spacial score (nSPS) is 10.5. The number of nitrogens with two attached hydrogens (primary N) is 1. The van der Waals surface area contributed by atoms with E-state index in [2.05, 4.69) is 15.4 Å². The quantitative estimate of drug-likeness (QED) is 0.654. The molecule has 1 heterocycles. The van der Waals surface area contributed by atoms with Crippen molar-refractivity contribution < 1.29 is 4.39 Å². The van der Waals surface area contributed by atoms with Crippen LogP contribution in [0.3, 0.4) is 0 Å². The summed E-state index contributed by atoms with van der Waals surface area (Å²) in [7, 11) is 0. The van der Waals surface area contributed by atoms with Gasteiger partial charge in [0.1, 0.15) is 23.3 Å². The Labute approximate surface area is 124 Å². The van der Waals surface area contributed by atoms with E-state index in [1.165, 1.54) is 12.1 Å². The molecule has 1 aromatic heterocycles. The Morgan fingerprint density at radius 2 is 2.05 bits per heavy atom. The number of rotatable bonds is 5. The van der Waals surface area contributed by atoms with Crippen LogP contribution in [0, 0.1) is 12.7 Å². The van der Waals surface area contributed by atoms with Gasteiger partial charge in [0.05, 0.1) is 0 Å². The van der Waals surface area contributed by atoms with Crippen LogP contribution in [-0.2, 0) is 6.42 Å². The number of benzene rings is 1. The van der Waals surface area contributed by atoms with Gasteiger partial charge in [0, 0.05) is 24.2 Å². The van der Waals surface area contributed by atoms with E-state index >= 15 is 0 Å². The summed E-state index contributed by atoms with van der Waals surface area (Å²) in [5.74, 6) is 7.28. The van der Waals surface area contributed by atoms with Gasteiger partial charge in [-0.25, -0.2) is 20.2 Å². The number of hydrogen-bond acceptors (Lipinski definition) is 5. The standard InChI is InChI=1S/C15H20FN5/c1-4-13-18-14(20-17)10(3)15(19-13)21(5-2)12-8-6-7-11(16)9-12/h6-9H,4-5,17H2,1-3H3,(H,18,19,20). The van der Waals surface area contributed by atoms with E-state index in [0.717, 1.165) is 17.1 Å². The maximum absolute atomic E-state index is 13.5. The van der Waals surface area contributed by atoms with Gasteiger partial charge in [0.2, 0.25) is 0 Å². The summed E-state index contributed by atoms with van der Waals surface area (Å²) in [4.78, 5) is 10.9. The molecule has 0 fully saturated rings. The molecule has 0 amide bonds. The molecule has 6 heteroatoms. The lowest BCUT2D eigenvalue weighted by Crippen LogP contribution is -2.22. The molecule has 0 saturated carbocycles. The molecule has 0 atom stereocenters. The van der Waals surface area contributed by atoms with E-state index in [1.807, 2.05) is 31.7 Å². The largest absolute Gasteiger partial charge is 0.326 e. The topological polar surface area (TPSA) is 67.1 Å². The van der Waals surface area contributed by atoms with Crippen molar-refractivity contribution in [1.82, 2.24) is 9.97 Å². The number of halogens is 1. The minimum absolute atomic E-state index is 0.273. The maximum atomic E-state index is 13.5. The minimum atomic E-state index is -0.273. The molecule has 0 saturated heterocycles. The molecular formula is C15H20FN5. The second kappa shape index (κ2) is 6.49. The highest BCUT2D eigenvalue weighted by molar-refractivity contribution is 5.67. The first-order valence-corrected chi connectivity index (χ1v) is 6.97. The van der Waals surface area contributed by atoms with Crippen LogP contribution in [0.25, 0.3) is 0 Å². The van der Waals surface area contributed by atoms with Gasteiger partial charge < -0.3 is 10.3 Å². The van der Waals surface area contributed by atoms with Crippen LogP contribution in [0.1, 0.15) is 25.2 Å². The summed E-state index contributed by atoms with van der Waals surface area (Å²) in [6.45, 7) is 6.53. The molecule has 5 nitrogen and oxygen atoms in total. The van der Waals surface area contributed by atoms with Crippen LogP contribution in [-0.4, -0.2) is 16.5 Å². The van der Waals surface area contributed by atoms with Gasteiger partial charge in [-0.05, 0) is 32.0 Å². The predicted molar refractivity (Wildman–Crippen MR) is 83.0 cm³/mol. The highest BCUT2D eigenvalue weighted by Crippen LogP contribution is 2.29. The van der Waals surface area contributed by atoms with Gasteiger partial charge in [-0.2, -0.15) is 0 Å². The zero-order valence-electron chi connectivity index (χ0n) is 12.5. The Morgan fingerprint density at radius 3 is 2.62 bits per heavy atom. The summed E-state index contributed by atoms with van der Waals surface area (Å²) in [5, 5.41) is 0. The summed E-state index contributed by atoms with van der Waals surface area (Å²) >= 11 is 0. The Bertz CT molecular complexity index is 629. The Kier molecular flexibility index (Phi) is 4.70. The van der Waals surface area contributed by atoms with Gasteiger partial charge in [-0.1, -0.05) is 13.0 Å². The van der Waals surface area contributed by atoms with Crippen molar-refractivity contribution in [2.45, 2.75) is 27.2 Å². The van der Waals surface area contributed by atoms with E-state index in [4.69, 9.17) is 5.84 Å². The van der Waals surface area contributed by atoms with Crippen LogP contribution in [0.4, 0.5) is 21.7 Å². The monoisotopic (exact) mass is 289 g/mol. The van der Waals surface area contributed by atoms with E-state index in [9.17, 15) is 4.39 Å². The van der Waals surface area contributed by atoms with Crippen molar-refractivity contribution in [1.29, 1.82) is 0 Å². The first-order valence-electron chi connectivity index (χ1n) is 6.97. The minimum Gasteiger partial charge on any atom is -0.326 e. The molecule has 2 rings (SSSR count). The average molecular weight is 289 g/mol. The lowest BCUT2D eigenvalue weighted by Gasteiger charge is -2.25. The second-order valence-corrected chi connectivity index (χ2v) is 4.66. The van der Waals surface area contributed by atoms with Gasteiger partial charge in [-0.15, -0.1) is 0 Å². The molecule has 21 heavy (non-hydrogen) atoms. The van der Waals surface area contributed by atoms with Gasteiger partial charge in [-0.3, -0.25) is 0 Å². The molecule has 0 aliphatic heterocycles. The fourth-order valence-corrected chi connectivity index (χ4v) is 2.21. The van der Waals surface area contributed by atoms with Gasteiger partial charge in [0.25, 0.3) is 0 Å². The highest BCUT2D eigenvalue weighted by atomic mass is 19.1.